The predicted octanol–water partition coefficient (Wildman–Crippen LogP) is 2.14. The molecule has 0 spiro atoms. The number of hydrogen-bond donors (Lipinski definition) is 0. The van der Waals surface area contributed by atoms with E-state index < -0.39 is 0 Å². The second-order valence-corrected chi connectivity index (χ2v) is 6.09. The summed E-state index contributed by atoms with van der Waals surface area (Å²) in [6.07, 6.45) is 0. The van der Waals surface area contributed by atoms with Crippen LogP contribution in [0, 0.1) is 0 Å². The summed E-state index contributed by atoms with van der Waals surface area (Å²) < 4.78 is 22.7. The highest BCUT2D eigenvalue weighted by molar-refractivity contribution is 6.62. The molecule has 1 aliphatic rings. The van der Waals surface area contributed by atoms with Gasteiger partial charge < -0.3 is 18.8 Å². The average Bonchev–Trinajstić information content (AvgIpc) is 2.59. The van der Waals surface area contributed by atoms with Crippen molar-refractivity contribution < 1.29 is 18.8 Å². The van der Waals surface area contributed by atoms with Crippen LogP contribution in [0.1, 0.15) is 33.3 Å². The van der Waals surface area contributed by atoms with Gasteiger partial charge in [0.15, 0.2) is 0 Å². The summed E-state index contributed by atoms with van der Waals surface area (Å²) >= 11 is 0. The van der Waals surface area contributed by atoms with Crippen molar-refractivity contribution >= 4 is 12.6 Å². The van der Waals surface area contributed by atoms with Crippen molar-refractivity contribution in [2.45, 2.75) is 45.5 Å². The first kappa shape index (κ1) is 15.4. The van der Waals surface area contributed by atoms with E-state index in [2.05, 4.69) is 0 Å². The van der Waals surface area contributed by atoms with Gasteiger partial charge in [0.2, 0.25) is 0 Å². The molecule has 0 radical (unpaired) electrons. The first-order valence-corrected chi connectivity index (χ1v) is 6.82. The zero-order valence-electron chi connectivity index (χ0n) is 13.1. The molecule has 5 heteroatoms. The van der Waals surface area contributed by atoms with E-state index >= 15 is 0 Å². The molecule has 2 rings (SSSR count). The van der Waals surface area contributed by atoms with Crippen molar-refractivity contribution in [3.63, 3.8) is 0 Å². The van der Waals surface area contributed by atoms with Crippen LogP contribution in [-0.2, 0) is 20.7 Å². The third-order valence-electron chi connectivity index (χ3n) is 4.14. The zero-order valence-corrected chi connectivity index (χ0v) is 13.1. The maximum atomic E-state index is 6.04. The molecule has 1 saturated heterocycles. The van der Waals surface area contributed by atoms with E-state index in [1.807, 2.05) is 45.9 Å². The fourth-order valence-corrected chi connectivity index (χ4v) is 2.16. The second-order valence-electron chi connectivity index (χ2n) is 6.09. The summed E-state index contributed by atoms with van der Waals surface area (Å²) in [6, 6.07) is 5.94. The molecule has 0 aromatic heterocycles. The van der Waals surface area contributed by atoms with Crippen molar-refractivity contribution in [2.75, 3.05) is 14.2 Å². The van der Waals surface area contributed by atoms with E-state index in [-0.39, 0.29) is 18.3 Å². The SMILES string of the molecule is COCc1ccc(B2OC(C)(C)C(C)(C)O2)cc1OC. The van der Waals surface area contributed by atoms with Gasteiger partial charge >= 0.3 is 7.12 Å². The van der Waals surface area contributed by atoms with Crippen LogP contribution in [0.4, 0.5) is 0 Å². The Morgan fingerprint density at radius 2 is 1.65 bits per heavy atom. The van der Waals surface area contributed by atoms with Crippen LogP contribution >= 0.6 is 0 Å². The predicted molar refractivity (Wildman–Crippen MR) is 79.4 cm³/mol. The molecule has 110 valence electrons. The van der Waals surface area contributed by atoms with Crippen LogP contribution in [0.3, 0.4) is 0 Å². The largest absolute Gasteiger partial charge is 0.496 e. The molecule has 1 aromatic carbocycles. The Balaban J connectivity index is 2.27. The number of benzene rings is 1. The molecule has 4 nitrogen and oxygen atoms in total. The molecule has 0 unspecified atom stereocenters. The summed E-state index contributed by atoms with van der Waals surface area (Å²) in [5.74, 6) is 0.791. The molecule has 0 saturated carbocycles. The summed E-state index contributed by atoms with van der Waals surface area (Å²) in [5.41, 5.74) is 1.29. The Hall–Kier alpha value is -1.04. The summed E-state index contributed by atoms with van der Waals surface area (Å²) in [4.78, 5) is 0. The van der Waals surface area contributed by atoms with Crippen LogP contribution in [0.15, 0.2) is 18.2 Å². The van der Waals surface area contributed by atoms with E-state index in [4.69, 9.17) is 18.8 Å². The fraction of sp³-hybridized carbons (Fsp3) is 0.600. The molecule has 1 fully saturated rings. The second kappa shape index (κ2) is 5.39. The van der Waals surface area contributed by atoms with Gasteiger partial charge in [-0.05, 0) is 39.2 Å². The number of ether oxygens (including phenoxy) is 2. The quantitative estimate of drug-likeness (QED) is 0.791. The average molecular weight is 278 g/mol. The van der Waals surface area contributed by atoms with Gasteiger partial charge in [-0.3, -0.25) is 0 Å². The topological polar surface area (TPSA) is 36.9 Å². The van der Waals surface area contributed by atoms with Crippen LogP contribution < -0.4 is 10.2 Å². The van der Waals surface area contributed by atoms with E-state index in [0.717, 1.165) is 16.8 Å². The van der Waals surface area contributed by atoms with Crippen molar-refractivity contribution in [1.82, 2.24) is 0 Å². The van der Waals surface area contributed by atoms with Gasteiger partial charge in [-0.15, -0.1) is 0 Å². The Labute approximate surface area is 121 Å². The van der Waals surface area contributed by atoms with Crippen LogP contribution in [0.2, 0.25) is 0 Å². The van der Waals surface area contributed by atoms with Gasteiger partial charge in [-0.1, -0.05) is 12.1 Å². The lowest BCUT2D eigenvalue weighted by atomic mass is 9.78. The summed E-state index contributed by atoms with van der Waals surface area (Å²) in [5, 5.41) is 0. The molecule has 0 bridgehead atoms. The Morgan fingerprint density at radius 1 is 1.05 bits per heavy atom. The van der Waals surface area contributed by atoms with Gasteiger partial charge in [0.25, 0.3) is 0 Å². The normalized spacial score (nSPS) is 20.2. The van der Waals surface area contributed by atoms with Crippen LogP contribution in [-0.4, -0.2) is 32.5 Å². The van der Waals surface area contributed by atoms with E-state index in [1.165, 1.54) is 0 Å². The highest BCUT2D eigenvalue weighted by Gasteiger charge is 2.51. The molecule has 20 heavy (non-hydrogen) atoms. The Morgan fingerprint density at radius 3 is 2.15 bits per heavy atom. The molecular weight excluding hydrogens is 255 g/mol. The standard InChI is InChI=1S/C15H23BO4/c1-14(2)15(3,4)20-16(19-14)12-8-7-11(10-17-5)13(9-12)18-6/h7-9H,10H2,1-6H3. The minimum atomic E-state index is -0.370. The van der Waals surface area contributed by atoms with Crippen LogP contribution in [0.25, 0.3) is 0 Å². The molecular formula is C15H23BO4. The van der Waals surface area contributed by atoms with E-state index in [9.17, 15) is 0 Å². The lowest BCUT2D eigenvalue weighted by Gasteiger charge is -2.32. The van der Waals surface area contributed by atoms with E-state index in [1.54, 1.807) is 14.2 Å². The summed E-state index contributed by atoms with van der Waals surface area (Å²) in [7, 11) is 2.95. The van der Waals surface area contributed by atoms with Crippen molar-refractivity contribution in [3.05, 3.63) is 23.8 Å². The van der Waals surface area contributed by atoms with Gasteiger partial charge in [0.1, 0.15) is 5.75 Å². The summed E-state index contributed by atoms with van der Waals surface area (Å²) in [6.45, 7) is 8.70. The fourth-order valence-electron chi connectivity index (χ4n) is 2.16. The molecule has 0 atom stereocenters. The minimum Gasteiger partial charge on any atom is -0.496 e. The third kappa shape index (κ3) is 2.71. The molecule has 1 aromatic rings. The Kier molecular flexibility index (Phi) is 4.14. The zero-order chi connectivity index (χ0) is 15.0. The Bertz CT molecular complexity index is 469. The van der Waals surface area contributed by atoms with Gasteiger partial charge in [0.05, 0.1) is 24.9 Å². The highest BCUT2D eigenvalue weighted by Crippen LogP contribution is 2.36. The molecule has 0 aliphatic carbocycles. The first-order valence-electron chi connectivity index (χ1n) is 6.82. The van der Waals surface area contributed by atoms with Crippen molar-refractivity contribution in [1.29, 1.82) is 0 Å². The lowest BCUT2D eigenvalue weighted by molar-refractivity contribution is 0.00578. The van der Waals surface area contributed by atoms with Gasteiger partial charge in [-0.25, -0.2) is 0 Å². The maximum absolute atomic E-state index is 6.04. The number of hydrogen-bond acceptors (Lipinski definition) is 4. The first-order chi connectivity index (χ1) is 9.30. The van der Waals surface area contributed by atoms with Gasteiger partial charge in [-0.2, -0.15) is 0 Å². The number of rotatable bonds is 4. The van der Waals surface area contributed by atoms with Gasteiger partial charge in [0, 0.05) is 12.7 Å². The van der Waals surface area contributed by atoms with Crippen LogP contribution in [0.5, 0.6) is 5.75 Å². The molecule has 0 N–H and O–H groups in total. The highest BCUT2D eigenvalue weighted by atomic mass is 16.7. The maximum Gasteiger partial charge on any atom is 0.494 e. The molecule has 1 aliphatic heterocycles. The number of methoxy groups -OCH3 is 2. The molecule has 1 heterocycles. The molecule has 0 amide bonds. The smallest absolute Gasteiger partial charge is 0.494 e. The van der Waals surface area contributed by atoms with Crippen molar-refractivity contribution in [3.8, 4) is 5.75 Å². The van der Waals surface area contributed by atoms with E-state index in [0.29, 0.717) is 6.61 Å². The van der Waals surface area contributed by atoms with Crippen molar-refractivity contribution in [2.24, 2.45) is 0 Å². The minimum absolute atomic E-state index is 0.337. The monoisotopic (exact) mass is 278 g/mol. The lowest BCUT2D eigenvalue weighted by Crippen LogP contribution is -2.41. The third-order valence-corrected chi connectivity index (χ3v) is 4.14.